The Kier molecular flexibility index (Phi) is 25.9. The molecule has 0 bridgehead atoms. The first-order valence-corrected chi connectivity index (χ1v) is 27.7. The molecule has 0 aliphatic carbocycles. The van der Waals surface area contributed by atoms with Gasteiger partial charge in [0, 0.05) is 66.6 Å². The van der Waals surface area contributed by atoms with Gasteiger partial charge < -0.3 is 83.5 Å². The summed E-state index contributed by atoms with van der Waals surface area (Å²) in [5.74, 6) is -4.92. The average Bonchev–Trinajstić information content (AvgIpc) is 3.91. The van der Waals surface area contributed by atoms with Gasteiger partial charge in [-0.25, -0.2) is 9.59 Å². The minimum absolute atomic E-state index is 0.216. The third-order valence-corrected chi connectivity index (χ3v) is 15.3. The van der Waals surface area contributed by atoms with Crippen LogP contribution in [0.3, 0.4) is 0 Å². The van der Waals surface area contributed by atoms with Crippen molar-refractivity contribution in [1.29, 1.82) is 0 Å². The molecule has 0 aromatic carbocycles. The summed E-state index contributed by atoms with van der Waals surface area (Å²) >= 11 is 0. The second-order valence-electron chi connectivity index (χ2n) is 21.9. The fourth-order valence-corrected chi connectivity index (χ4v) is 11.0. The van der Waals surface area contributed by atoms with Crippen molar-refractivity contribution in [3.63, 3.8) is 0 Å². The Labute approximate surface area is 465 Å². The summed E-state index contributed by atoms with van der Waals surface area (Å²) in [4.78, 5) is 97.6. The average molecular weight is 1150 g/mol. The monoisotopic (exact) mass is 1150 g/mol. The number of carboxylic acids is 1. The molecule has 27 heteroatoms. The molecule has 4 aliphatic rings. The van der Waals surface area contributed by atoms with Crippen LogP contribution in [0.1, 0.15) is 117 Å². The summed E-state index contributed by atoms with van der Waals surface area (Å²) in [5.41, 5.74) is 3.95. The van der Waals surface area contributed by atoms with Crippen molar-refractivity contribution in [1.82, 2.24) is 19.4 Å². The third-order valence-electron chi connectivity index (χ3n) is 15.3. The molecule has 0 spiro atoms. The van der Waals surface area contributed by atoms with E-state index in [1.165, 1.54) is 46.1 Å². The first-order valence-electron chi connectivity index (χ1n) is 27.7. The molecule has 5 rings (SSSR count). The van der Waals surface area contributed by atoms with Crippen molar-refractivity contribution in [2.45, 2.75) is 221 Å². The zero-order valence-electron chi connectivity index (χ0n) is 47.4. The highest BCUT2D eigenvalue weighted by molar-refractivity contribution is 5.88. The van der Waals surface area contributed by atoms with Crippen LogP contribution in [-0.2, 0) is 71.3 Å². The van der Waals surface area contributed by atoms with Gasteiger partial charge in [-0.05, 0) is 38.6 Å². The molecule has 0 radical (unpaired) electrons. The number of carbonyl (C=O) groups is 5. The van der Waals surface area contributed by atoms with Gasteiger partial charge in [-0.3, -0.25) is 38.4 Å². The Bertz CT molecular complexity index is 2270. The molecular weight excluding hydrogens is 1060 g/mol. The van der Waals surface area contributed by atoms with Crippen LogP contribution in [-0.4, -0.2) is 227 Å². The van der Waals surface area contributed by atoms with Gasteiger partial charge in [0.15, 0.2) is 18.6 Å². The van der Waals surface area contributed by atoms with E-state index in [1.807, 2.05) is 4.98 Å². The number of aromatic nitrogens is 2. The van der Waals surface area contributed by atoms with Crippen molar-refractivity contribution in [3.05, 3.63) is 33.1 Å². The number of aliphatic hydroxyl groups is 4. The number of amides is 1. The highest BCUT2D eigenvalue weighted by Crippen LogP contribution is 2.37. The summed E-state index contributed by atoms with van der Waals surface area (Å²) in [6.45, 7) is 7.01. The smallest absolute Gasteiger partial charge is 0.330 e. The molecule has 4 fully saturated rings. The van der Waals surface area contributed by atoms with Crippen LogP contribution in [0.25, 0.3) is 0 Å². The topological polar surface area (TPSA) is 366 Å². The van der Waals surface area contributed by atoms with Crippen LogP contribution < -0.4 is 17.0 Å². The van der Waals surface area contributed by atoms with Crippen LogP contribution in [0.4, 0.5) is 0 Å². The van der Waals surface area contributed by atoms with E-state index in [9.17, 15) is 59.1 Å². The number of carboxylic acid groups (broad SMARTS) is 1. The van der Waals surface area contributed by atoms with Crippen molar-refractivity contribution in [2.75, 3.05) is 48.5 Å². The summed E-state index contributed by atoms with van der Waals surface area (Å²) < 4.78 is 58.8. The van der Waals surface area contributed by atoms with E-state index < -0.39 is 170 Å². The number of esters is 3. The Morgan fingerprint density at radius 3 is 1.91 bits per heavy atom. The van der Waals surface area contributed by atoms with Crippen LogP contribution in [0, 0.1) is 11.8 Å². The number of methoxy groups -OCH3 is 3. The van der Waals surface area contributed by atoms with Gasteiger partial charge in [0.25, 0.3) is 5.56 Å². The number of ether oxygens (including phenoxy) is 10. The lowest BCUT2D eigenvalue weighted by Gasteiger charge is -2.43. The number of unbranched alkanes of at least 4 members (excludes halogenated alkanes) is 7. The third kappa shape index (κ3) is 17.3. The van der Waals surface area contributed by atoms with E-state index in [1.54, 1.807) is 13.8 Å². The molecule has 8 N–H and O–H groups in total. The Balaban J connectivity index is 1.32. The number of nitrogens with two attached hydrogens (primary N) is 1. The standard InChI is InChI=1S/C53H87N5O22/c1-27(2)18-16-14-12-10-11-13-15-17-19-30(75-34(60)22-28(3)23-35(61)78-52-47(73-9)46(72-8)43(71-7)29(4)74-52)24-36(62)76-32-26-56(5)38(48(67)57(6)37(32)50(68)69)44(80-51-42(66)39(63)31(25-54)77-51)45-40(64)41(65)49(79-45)58-21-20-33(59)55-53(58)70/h20-21,27-32,37-47,49,51-52,63-66H,10-19,22-26,54H2,1-9H3,(H,68,69)(H,55,59,70)/t28-,29-,30-,31+,32-,37+,38-,39+,40-,41+,42+,43-,44+,45-,46+,47+,49+,51-,52-/m0/s1. The fourth-order valence-electron chi connectivity index (χ4n) is 11.0. The highest BCUT2D eigenvalue weighted by Gasteiger charge is 2.57. The number of carbonyl (C=O) groups excluding carboxylic acids is 4. The molecule has 4 aliphatic heterocycles. The lowest BCUT2D eigenvalue weighted by Crippen LogP contribution is -2.59. The first-order chi connectivity index (χ1) is 38.0. The number of aromatic amines is 1. The highest BCUT2D eigenvalue weighted by atomic mass is 16.7. The summed E-state index contributed by atoms with van der Waals surface area (Å²) in [6.07, 6.45) is -12.6. The van der Waals surface area contributed by atoms with Crippen LogP contribution in [0.15, 0.2) is 21.9 Å². The SMILES string of the molecule is CO[C@@H]1[C@@H](OC)[C@H](C)O[C@@H](OC(=O)C[C@@H](C)CC(=O)O[C@@H](CCCCCCCCCCC(C)C)CC(=O)O[C@H]2CN(C)[C@@H]([C@@H](O[C@@H]3O[C@H](CN)[C@@H](O)[C@H]3O)[C@H]3O[C@@H](n4ccc(=O)[nH]c4=O)[C@H](O)[C@@H]3O)C(=O)N(C)[C@H]2C(=O)O)[C@@H]1OC. The van der Waals surface area contributed by atoms with E-state index in [0.717, 1.165) is 67.3 Å². The number of aliphatic hydroxyl groups excluding tert-OH is 4. The largest absolute Gasteiger partial charge is 0.480 e. The van der Waals surface area contributed by atoms with E-state index in [-0.39, 0.29) is 25.8 Å². The Morgan fingerprint density at radius 2 is 1.34 bits per heavy atom. The second kappa shape index (κ2) is 31.2. The van der Waals surface area contributed by atoms with Gasteiger partial charge in [-0.2, -0.15) is 0 Å². The lowest BCUT2D eigenvalue weighted by molar-refractivity contribution is -0.297. The number of H-pyrrole nitrogens is 1. The van der Waals surface area contributed by atoms with Crippen LogP contribution in [0.5, 0.6) is 0 Å². The molecule has 1 amide bonds. The van der Waals surface area contributed by atoms with Crippen molar-refractivity contribution >= 4 is 29.8 Å². The van der Waals surface area contributed by atoms with Crippen molar-refractivity contribution in [2.24, 2.45) is 17.6 Å². The molecule has 4 saturated heterocycles. The predicted octanol–water partition coefficient (Wildman–Crippen LogP) is -0.308. The van der Waals surface area contributed by atoms with E-state index in [0.29, 0.717) is 12.3 Å². The minimum atomic E-state index is -1.97. The molecule has 0 saturated carbocycles. The maximum Gasteiger partial charge on any atom is 0.330 e. The Hall–Kier alpha value is -4.49. The maximum atomic E-state index is 14.7. The number of likely N-dealkylation sites (N-methyl/N-ethyl adjacent to an activating group) is 2. The number of hydrogen-bond donors (Lipinski definition) is 7. The molecule has 1 aromatic heterocycles. The number of hydrogen-bond acceptors (Lipinski definition) is 23. The maximum absolute atomic E-state index is 14.7. The molecule has 1 aromatic rings. The quantitative estimate of drug-likeness (QED) is 0.0295. The molecule has 456 valence electrons. The number of rotatable bonds is 30. The molecule has 0 unspecified atom stereocenters. The number of aliphatic carboxylic acids is 1. The van der Waals surface area contributed by atoms with Gasteiger partial charge >= 0.3 is 29.6 Å². The van der Waals surface area contributed by atoms with Gasteiger partial charge in [-0.1, -0.05) is 72.1 Å². The summed E-state index contributed by atoms with van der Waals surface area (Å²) in [6, 6.07) is -2.60. The molecule has 5 heterocycles. The molecule has 80 heavy (non-hydrogen) atoms. The minimum Gasteiger partial charge on any atom is -0.480 e. The molecule has 27 nitrogen and oxygen atoms in total. The van der Waals surface area contributed by atoms with Gasteiger partial charge in [0.05, 0.1) is 12.5 Å². The fraction of sp³-hybridized carbons (Fsp3) is 0.830. The van der Waals surface area contributed by atoms with E-state index in [2.05, 4.69) is 13.8 Å². The van der Waals surface area contributed by atoms with Gasteiger partial charge in [0.2, 0.25) is 12.2 Å². The summed E-state index contributed by atoms with van der Waals surface area (Å²) in [7, 11) is 6.88. The summed E-state index contributed by atoms with van der Waals surface area (Å²) in [5, 5.41) is 55.2. The van der Waals surface area contributed by atoms with E-state index in [4.69, 9.17) is 53.1 Å². The van der Waals surface area contributed by atoms with Crippen molar-refractivity contribution < 1.29 is 96.9 Å². The molecular formula is C53H87N5O22. The van der Waals surface area contributed by atoms with Crippen LogP contribution >= 0.6 is 0 Å². The van der Waals surface area contributed by atoms with Gasteiger partial charge in [0.1, 0.15) is 79.3 Å². The zero-order chi connectivity index (χ0) is 59.1. The molecule has 19 atom stereocenters. The van der Waals surface area contributed by atoms with Crippen LogP contribution in [0.2, 0.25) is 0 Å². The van der Waals surface area contributed by atoms with E-state index >= 15 is 0 Å². The second-order valence-corrected chi connectivity index (χ2v) is 21.9. The zero-order valence-corrected chi connectivity index (χ0v) is 47.4. The lowest BCUT2D eigenvalue weighted by atomic mass is 9.97. The first kappa shape index (κ1) is 66.3. The van der Waals surface area contributed by atoms with Crippen molar-refractivity contribution in [3.8, 4) is 0 Å². The number of nitrogens with one attached hydrogen (secondary N) is 1. The normalized spacial score (nSPS) is 32.3. The Morgan fingerprint density at radius 1 is 0.738 bits per heavy atom. The number of nitrogens with zero attached hydrogens (tertiary/aromatic N) is 3. The predicted molar refractivity (Wildman–Crippen MR) is 279 cm³/mol. The van der Waals surface area contributed by atoms with Gasteiger partial charge in [-0.15, -0.1) is 0 Å².